The van der Waals surface area contributed by atoms with Crippen LogP contribution in [0.3, 0.4) is 0 Å². The fourth-order valence-electron chi connectivity index (χ4n) is 2.26. The van der Waals surface area contributed by atoms with Gasteiger partial charge in [-0.15, -0.1) is 0 Å². The quantitative estimate of drug-likeness (QED) is 0.700. The number of nitrogens with two attached hydrogens (primary N) is 1. The number of nitrogen functional groups attached to an aromatic ring is 1. The molecule has 0 radical (unpaired) electrons. The molecule has 0 unspecified atom stereocenters. The monoisotopic (exact) mass is 333 g/mol. The van der Waals surface area contributed by atoms with E-state index in [1.807, 2.05) is 0 Å². The van der Waals surface area contributed by atoms with E-state index in [0.29, 0.717) is 16.7 Å². The maximum absolute atomic E-state index is 14.3. The molecule has 2 aromatic carbocycles. The van der Waals surface area contributed by atoms with Crippen LogP contribution < -0.4 is 5.73 Å². The fraction of sp³-hybridized carbons (Fsp3) is 0.0588. The largest absolute Gasteiger partial charge is 0.416 e. The lowest BCUT2D eigenvalue weighted by Crippen LogP contribution is -2.04. The molecule has 0 atom stereocenters. The Morgan fingerprint density at radius 1 is 0.792 bits per heavy atom. The first kappa shape index (κ1) is 15.9. The van der Waals surface area contributed by atoms with E-state index < -0.39 is 17.6 Å². The third-order valence-electron chi connectivity index (χ3n) is 3.50. The lowest BCUT2D eigenvalue weighted by Gasteiger charge is -2.09. The second-order valence-electron chi connectivity index (χ2n) is 5.10. The third kappa shape index (κ3) is 3.19. The van der Waals surface area contributed by atoms with Gasteiger partial charge in [0.05, 0.1) is 5.56 Å². The Morgan fingerprint density at radius 3 is 1.92 bits per heavy atom. The number of rotatable bonds is 2. The van der Waals surface area contributed by atoms with Gasteiger partial charge in [-0.05, 0) is 29.3 Å². The predicted octanol–water partition coefficient (Wildman–Crippen LogP) is 4.55. The van der Waals surface area contributed by atoms with Crippen LogP contribution in [0.1, 0.15) is 5.56 Å². The molecule has 0 aliphatic heterocycles. The standard InChI is InChI=1S/C17H11F4N3/c18-15-7-11(10-1-4-13(5-2-10)17(19,20)21)3-6-14(15)12-8-23-16(22)24-9-12/h1-9H,(H2,22,23,24). The van der Waals surface area contributed by atoms with Crippen molar-refractivity contribution in [2.75, 3.05) is 5.73 Å². The number of benzene rings is 2. The van der Waals surface area contributed by atoms with Crippen molar-refractivity contribution in [1.29, 1.82) is 0 Å². The van der Waals surface area contributed by atoms with Crippen LogP contribution in [-0.2, 0) is 6.18 Å². The molecule has 0 amide bonds. The van der Waals surface area contributed by atoms with E-state index in [4.69, 9.17) is 5.73 Å². The molecule has 0 saturated heterocycles. The molecule has 0 fully saturated rings. The Morgan fingerprint density at radius 2 is 1.38 bits per heavy atom. The Balaban J connectivity index is 1.93. The minimum atomic E-state index is -4.40. The van der Waals surface area contributed by atoms with Crippen molar-refractivity contribution < 1.29 is 17.6 Å². The predicted molar refractivity (Wildman–Crippen MR) is 82.3 cm³/mol. The van der Waals surface area contributed by atoms with Crippen LogP contribution in [0, 0.1) is 5.82 Å². The van der Waals surface area contributed by atoms with Gasteiger partial charge in [0.2, 0.25) is 5.95 Å². The van der Waals surface area contributed by atoms with Gasteiger partial charge in [-0.3, -0.25) is 0 Å². The van der Waals surface area contributed by atoms with Gasteiger partial charge >= 0.3 is 6.18 Å². The van der Waals surface area contributed by atoms with Crippen molar-refractivity contribution in [2.45, 2.75) is 6.18 Å². The van der Waals surface area contributed by atoms with Gasteiger partial charge < -0.3 is 5.73 Å². The number of nitrogens with zero attached hydrogens (tertiary/aromatic N) is 2. The van der Waals surface area contributed by atoms with Crippen molar-refractivity contribution in [1.82, 2.24) is 9.97 Å². The zero-order valence-electron chi connectivity index (χ0n) is 12.2. The molecule has 0 bridgehead atoms. The Labute approximate surface area is 134 Å². The first-order chi connectivity index (χ1) is 11.3. The van der Waals surface area contributed by atoms with E-state index in [-0.39, 0.29) is 11.5 Å². The molecular weight excluding hydrogens is 322 g/mol. The van der Waals surface area contributed by atoms with Crippen molar-refractivity contribution in [3.05, 3.63) is 66.2 Å². The Kier molecular flexibility index (Phi) is 3.92. The minimum absolute atomic E-state index is 0.0838. The molecule has 0 spiro atoms. The highest BCUT2D eigenvalue weighted by atomic mass is 19.4. The van der Waals surface area contributed by atoms with Gasteiger partial charge in [-0.25, -0.2) is 14.4 Å². The third-order valence-corrected chi connectivity index (χ3v) is 3.50. The SMILES string of the molecule is Nc1ncc(-c2ccc(-c3ccc(C(F)(F)F)cc3)cc2F)cn1. The van der Waals surface area contributed by atoms with E-state index in [0.717, 1.165) is 12.1 Å². The lowest BCUT2D eigenvalue weighted by atomic mass is 10.00. The maximum Gasteiger partial charge on any atom is 0.416 e. The highest BCUT2D eigenvalue weighted by Crippen LogP contribution is 2.32. The van der Waals surface area contributed by atoms with Gasteiger partial charge in [0, 0.05) is 23.5 Å². The number of halogens is 4. The van der Waals surface area contributed by atoms with E-state index >= 15 is 0 Å². The molecule has 7 heteroatoms. The van der Waals surface area contributed by atoms with Crippen molar-refractivity contribution in [3.8, 4) is 22.3 Å². The number of alkyl halides is 3. The second-order valence-corrected chi connectivity index (χ2v) is 5.10. The summed E-state index contributed by atoms with van der Waals surface area (Å²) in [7, 11) is 0. The van der Waals surface area contributed by atoms with Crippen LogP contribution in [0.4, 0.5) is 23.5 Å². The summed E-state index contributed by atoms with van der Waals surface area (Å²) < 4.78 is 52.0. The first-order valence-electron chi connectivity index (χ1n) is 6.89. The minimum Gasteiger partial charge on any atom is -0.368 e. The zero-order chi connectivity index (χ0) is 17.3. The summed E-state index contributed by atoms with van der Waals surface area (Å²) in [4.78, 5) is 7.61. The molecule has 122 valence electrons. The maximum atomic E-state index is 14.3. The summed E-state index contributed by atoms with van der Waals surface area (Å²) in [5, 5.41) is 0. The molecule has 0 saturated carbocycles. The summed E-state index contributed by atoms with van der Waals surface area (Å²) in [6.07, 6.45) is -1.60. The molecule has 1 heterocycles. The molecule has 3 nitrogen and oxygen atoms in total. The van der Waals surface area contributed by atoms with Gasteiger partial charge in [0.15, 0.2) is 0 Å². The molecule has 1 aromatic heterocycles. The molecule has 2 N–H and O–H groups in total. The average Bonchev–Trinajstić information content (AvgIpc) is 2.55. The molecule has 24 heavy (non-hydrogen) atoms. The number of hydrogen-bond donors (Lipinski definition) is 1. The van der Waals surface area contributed by atoms with E-state index in [1.165, 1.54) is 36.7 Å². The zero-order valence-corrected chi connectivity index (χ0v) is 12.2. The van der Waals surface area contributed by atoms with Crippen molar-refractivity contribution >= 4 is 5.95 Å². The number of anilines is 1. The second kappa shape index (κ2) is 5.92. The number of aromatic nitrogens is 2. The summed E-state index contributed by atoms with van der Waals surface area (Å²) in [6.45, 7) is 0. The van der Waals surface area contributed by atoms with E-state index in [9.17, 15) is 17.6 Å². The van der Waals surface area contributed by atoms with Crippen LogP contribution >= 0.6 is 0 Å². The van der Waals surface area contributed by atoms with Gasteiger partial charge in [-0.1, -0.05) is 24.3 Å². The van der Waals surface area contributed by atoms with Crippen molar-refractivity contribution in [3.63, 3.8) is 0 Å². The number of hydrogen-bond acceptors (Lipinski definition) is 3. The van der Waals surface area contributed by atoms with Crippen LogP contribution in [0.25, 0.3) is 22.3 Å². The molecular formula is C17H11F4N3. The molecule has 3 aromatic rings. The Bertz CT molecular complexity index is 856. The average molecular weight is 333 g/mol. The van der Waals surface area contributed by atoms with Crippen LogP contribution in [0.2, 0.25) is 0 Å². The van der Waals surface area contributed by atoms with E-state index in [1.54, 1.807) is 6.07 Å². The lowest BCUT2D eigenvalue weighted by molar-refractivity contribution is -0.137. The first-order valence-corrected chi connectivity index (χ1v) is 6.89. The van der Waals surface area contributed by atoms with Gasteiger partial charge in [0.1, 0.15) is 5.82 Å². The topological polar surface area (TPSA) is 51.8 Å². The van der Waals surface area contributed by atoms with Gasteiger partial charge in [-0.2, -0.15) is 13.2 Å². The summed E-state index contributed by atoms with van der Waals surface area (Å²) in [5.41, 5.74) is 6.35. The normalized spacial score (nSPS) is 11.5. The molecule has 0 aliphatic carbocycles. The van der Waals surface area contributed by atoms with E-state index in [2.05, 4.69) is 9.97 Å². The Hall–Kier alpha value is -2.96. The fourth-order valence-corrected chi connectivity index (χ4v) is 2.26. The highest BCUT2D eigenvalue weighted by molar-refractivity contribution is 5.70. The van der Waals surface area contributed by atoms with Crippen molar-refractivity contribution in [2.24, 2.45) is 0 Å². The summed E-state index contributed by atoms with van der Waals surface area (Å²) in [5.74, 6) is -0.443. The van der Waals surface area contributed by atoms with Crippen LogP contribution in [0.5, 0.6) is 0 Å². The van der Waals surface area contributed by atoms with Crippen LogP contribution in [0.15, 0.2) is 54.9 Å². The molecule has 3 rings (SSSR count). The smallest absolute Gasteiger partial charge is 0.368 e. The van der Waals surface area contributed by atoms with Gasteiger partial charge in [0.25, 0.3) is 0 Å². The van der Waals surface area contributed by atoms with Crippen LogP contribution in [-0.4, -0.2) is 9.97 Å². The summed E-state index contributed by atoms with van der Waals surface area (Å²) in [6, 6.07) is 8.96. The molecule has 0 aliphatic rings. The highest BCUT2D eigenvalue weighted by Gasteiger charge is 2.29. The summed E-state index contributed by atoms with van der Waals surface area (Å²) >= 11 is 0.